The summed E-state index contributed by atoms with van der Waals surface area (Å²) in [7, 11) is 1.72. The molecule has 0 saturated carbocycles. The van der Waals surface area contributed by atoms with Crippen LogP contribution in [0.4, 0.5) is 0 Å². The molecule has 0 radical (unpaired) electrons. The van der Waals surface area contributed by atoms with Gasteiger partial charge in [-0.1, -0.05) is 31.2 Å². The standard InChI is InChI=1S/C11H13N/c1-6-10(7-2)11(8-3)9(4)12-5/h1,7-8H,2-3H2,4-5H3/b11-10-,12-9-. The van der Waals surface area contributed by atoms with Crippen LogP contribution in [0.3, 0.4) is 0 Å². The quantitative estimate of drug-likeness (QED) is 0.340. The fraction of sp³-hybridized carbons (Fsp3) is 0.182. The van der Waals surface area contributed by atoms with Gasteiger partial charge in [0.2, 0.25) is 0 Å². The van der Waals surface area contributed by atoms with Crippen molar-refractivity contribution in [2.45, 2.75) is 6.92 Å². The van der Waals surface area contributed by atoms with Crippen LogP contribution in [-0.2, 0) is 0 Å². The third-order valence-electron chi connectivity index (χ3n) is 1.58. The highest BCUT2D eigenvalue weighted by atomic mass is 14.7. The van der Waals surface area contributed by atoms with Crippen molar-refractivity contribution in [1.29, 1.82) is 0 Å². The highest BCUT2D eigenvalue weighted by Gasteiger charge is 1.99. The van der Waals surface area contributed by atoms with Crippen molar-refractivity contribution in [3.63, 3.8) is 0 Å². The maximum atomic E-state index is 5.27. The zero-order valence-corrected chi connectivity index (χ0v) is 7.59. The maximum absolute atomic E-state index is 5.27. The minimum Gasteiger partial charge on any atom is -0.293 e. The van der Waals surface area contributed by atoms with Crippen molar-refractivity contribution in [2.24, 2.45) is 4.99 Å². The summed E-state index contributed by atoms with van der Waals surface area (Å²) >= 11 is 0. The summed E-state index contributed by atoms with van der Waals surface area (Å²) < 4.78 is 0. The number of rotatable bonds is 3. The Bertz CT molecular complexity index is 285. The topological polar surface area (TPSA) is 12.4 Å². The molecule has 0 aromatic rings. The first kappa shape index (κ1) is 10.4. The molecule has 0 unspecified atom stereocenters. The van der Waals surface area contributed by atoms with E-state index in [1.807, 2.05) is 6.92 Å². The lowest BCUT2D eigenvalue weighted by molar-refractivity contribution is 1.41. The molecular formula is C11H13N. The van der Waals surface area contributed by atoms with Gasteiger partial charge in [0.15, 0.2) is 0 Å². The van der Waals surface area contributed by atoms with Gasteiger partial charge in [-0.2, -0.15) is 0 Å². The van der Waals surface area contributed by atoms with Gasteiger partial charge in [0.1, 0.15) is 0 Å². The second-order valence-electron chi connectivity index (χ2n) is 2.19. The summed E-state index contributed by atoms with van der Waals surface area (Å²) in [4.78, 5) is 4.02. The summed E-state index contributed by atoms with van der Waals surface area (Å²) in [6.45, 7) is 9.17. The average molecular weight is 159 g/mol. The monoisotopic (exact) mass is 159 g/mol. The first-order valence-corrected chi connectivity index (χ1v) is 3.60. The summed E-state index contributed by atoms with van der Waals surface area (Å²) in [5.74, 6) is 2.53. The third kappa shape index (κ3) is 2.25. The highest BCUT2D eigenvalue weighted by Crippen LogP contribution is 2.08. The molecule has 0 atom stereocenters. The summed E-state index contributed by atoms with van der Waals surface area (Å²) in [6, 6.07) is 0. The number of nitrogens with zero attached hydrogens (tertiary/aromatic N) is 1. The van der Waals surface area contributed by atoms with Crippen LogP contribution in [0, 0.1) is 12.3 Å². The van der Waals surface area contributed by atoms with Gasteiger partial charge in [-0.25, -0.2) is 0 Å². The van der Waals surface area contributed by atoms with Gasteiger partial charge in [0, 0.05) is 23.9 Å². The van der Waals surface area contributed by atoms with Crippen LogP contribution in [-0.4, -0.2) is 12.8 Å². The lowest BCUT2D eigenvalue weighted by atomic mass is 10.1. The minimum atomic E-state index is 0.730. The van der Waals surface area contributed by atoms with Gasteiger partial charge in [0.25, 0.3) is 0 Å². The molecule has 62 valence electrons. The third-order valence-corrected chi connectivity index (χ3v) is 1.58. The van der Waals surface area contributed by atoms with Crippen molar-refractivity contribution >= 4 is 5.71 Å². The van der Waals surface area contributed by atoms with Crippen molar-refractivity contribution in [3.8, 4) is 12.3 Å². The van der Waals surface area contributed by atoms with E-state index in [1.54, 1.807) is 19.2 Å². The SMILES string of the molecule is C#C/C(C=C)=C(C=C)/C(C)=N\C. The molecule has 0 saturated heterocycles. The largest absolute Gasteiger partial charge is 0.293 e. The molecule has 0 aromatic heterocycles. The smallest absolute Gasteiger partial charge is 0.0398 e. The fourth-order valence-electron chi connectivity index (χ4n) is 0.820. The van der Waals surface area contributed by atoms with E-state index in [2.05, 4.69) is 24.1 Å². The molecule has 0 aliphatic carbocycles. The number of allylic oxidation sites excluding steroid dienone is 4. The van der Waals surface area contributed by atoms with Crippen LogP contribution in [0.1, 0.15) is 6.92 Å². The molecule has 0 bridgehead atoms. The Morgan fingerprint density at radius 3 is 2.25 bits per heavy atom. The van der Waals surface area contributed by atoms with E-state index in [4.69, 9.17) is 6.42 Å². The lowest BCUT2D eigenvalue weighted by Gasteiger charge is -2.01. The van der Waals surface area contributed by atoms with Crippen LogP contribution in [0.15, 0.2) is 41.4 Å². The summed E-state index contributed by atoms with van der Waals surface area (Å²) in [5, 5.41) is 0. The van der Waals surface area contributed by atoms with Crippen molar-refractivity contribution in [1.82, 2.24) is 0 Å². The van der Waals surface area contributed by atoms with Crippen LogP contribution in [0.25, 0.3) is 0 Å². The Morgan fingerprint density at radius 1 is 1.42 bits per heavy atom. The van der Waals surface area contributed by atoms with Crippen molar-refractivity contribution < 1.29 is 0 Å². The molecule has 0 spiro atoms. The van der Waals surface area contributed by atoms with Crippen LogP contribution in [0.5, 0.6) is 0 Å². The first-order valence-electron chi connectivity index (χ1n) is 3.60. The van der Waals surface area contributed by atoms with Crippen molar-refractivity contribution in [3.05, 3.63) is 36.5 Å². The van der Waals surface area contributed by atoms with Gasteiger partial charge in [-0.05, 0) is 6.92 Å². The molecule has 0 rings (SSSR count). The van der Waals surface area contributed by atoms with Crippen LogP contribution in [0.2, 0.25) is 0 Å². The number of terminal acetylenes is 1. The molecule has 1 nitrogen and oxygen atoms in total. The Balaban J connectivity index is 5.27. The molecule has 1 heteroatoms. The maximum Gasteiger partial charge on any atom is 0.0398 e. The van der Waals surface area contributed by atoms with E-state index in [0.29, 0.717) is 0 Å². The second-order valence-corrected chi connectivity index (χ2v) is 2.19. The van der Waals surface area contributed by atoms with E-state index in [9.17, 15) is 0 Å². The molecule has 0 aliphatic rings. The van der Waals surface area contributed by atoms with E-state index < -0.39 is 0 Å². The second kappa shape index (κ2) is 5.15. The van der Waals surface area contributed by atoms with E-state index in [0.717, 1.165) is 16.9 Å². The Morgan fingerprint density at radius 2 is 2.00 bits per heavy atom. The predicted octanol–water partition coefficient (Wildman–Crippen LogP) is 2.38. The Labute approximate surface area is 74.2 Å². The zero-order chi connectivity index (χ0) is 9.56. The molecule has 12 heavy (non-hydrogen) atoms. The normalized spacial score (nSPS) is 12.9. The van der Waals surface area contributed by atoms with E-state index in [1.165, 1.54) is 0 Å². The van der Waals surface area contributed by atoms with Crippen LogP contribution < -0.4 is 0 Å². The van der Waals surface area contributed by atoms with Gasteiger partial charge in [-0.3, -0.25) is 4.99 Å². The predicted molar refractivity (Wildman–Crippen MR) is 55.3 cm³/mol. The van der Waals surface area contributed by atoms with Gasteiger partial charge in [0.05, 0.1) is 0 Å². The molecule has 0 fully saturated rings. The van der Waals surface area contributed by atoms with Gasteiger partial charge >= 0.3 is 0 Å². The van der Waals surface area contributed by atoms with Gasteiger partial charge < -0.3 is 0 Å². The molecule has 0 aliphatic heterocycles. The Kier molecular flexibility index (Phi) is 4.48. The van der Waals surface area contributed by atoms with E-state index in [-0.39, 0.29) is 0 Å². The zero-order valence-electron chi connectivity index (χ0n) is 7.59. The average Bonchev–Trinajstić information content (AvgIpc) is 2.12. The van der Waals surface area contributed by atoms with E-state index >= 15 is 0 Å². The number of hydrogen-bond donors (Lipinski definition) is 0. The summed E-state index contributed by atoms with van der Waals surface area (Å²) in [6.07, 6.45) is 8.59. The highest BCUT2D eigenvalue weighted by molar-refractivity contribution is 6.02. The summed E-state index contributed by atoms with van der Waals surface area (Å²) in [5.41, 5.74) is 2.47. The lowest BCUT2D eigenvalue weighted by Crippen LogP contribution is -1.97. The minimum absolute atomic E-state index is 0.730. The first-order chi connectivity index (χ1) is 5.71. The molecule has 0 amide bonds. The molecule has 0 N–H and O–H groups in total. The van der Waals surface area contributed by atoms with Crippen LogP contribution >= 0.6 is 0 Å². The Hall–Kier alpha value is -1.55. The molecular weight excluding hydrogens is 146 g/mol. The molecule has 0 aromatic carbocycles. The van der Waals surface area contributed by atoms with Crippen molar-refractivity contribution in [2.75, 3.05) is 7.05 Å². The molecule has 0 heterocycles. The number of hydrogen-bond acceptors (Lipinski definition) is 1. The van der Waals surface area contributed by atoms with Gasteiger partial charge in [-0.15, -0.1) is 6.42 Å². The fourth-order valence-corrected chi connectivity index (χ4v) is 0.820. The number of aliphatic imine (C=N–C) groups is 1.